The van der Waals surface area contributed by atoms with Gasteiger partial charge in [0.05, 0.1) is 6.54 Å². The highest BCUT2D eigenvalue weighted by molar-refractivity contribution is 5.78. The Hall–Kier alpha value is -0.610. The smallest absolute Gasteiger partial charge is 0.236 e. The SMILES string of the molecule is NCC(=O)N(CCCO)C1CCC1. The van der Waals surface area contributed by atoms with E-state index in [1.807, 2.05) is 4.90 Å². The van der Waals surface area contributed by atoms with Gasteiger partial charge in [-0.1, -0.05) is 0 Å². The molecule has 3 N–H and O–H groups in total. The summed E-state index contributed by atoms with van der Waals surface area (Å²) in [5.41, 5.74) is 5.31. The zero-order chi connectivity index (χ0) is 9.68. The molecule has 0 heterocycles. The Morgan fingerprint density at radius 1 is 1.54 bits per heavy atom. The molecule has 0 aromatic carbocycles. The average Bonchev–Trinajstić information content (AvgIpc) is 2.07. The van der Waals surface area contributed by atoms with Crippen molar-refractivity contribution in [2.75, 3.05) is 19.7 Å². The van der Waals surface area contributed by atoms with Crippen molar-refractivity contribution < 1.29 is 9.90 Å². The van der Waals surface area contributed by atoms with Gasteiger partial charge in [-0.25, -0.2) is 0 Å². The topological polar surface area (TPSA) is 66.6 Å². The Morgan fingerprint density at radius 3 is 2.62 bits per heavy atom. The lowest BCUT2D eigenvalue weighted by molar-refractivity contribution is -0.133. The quantitative estimate of drug-likeness (QED) is 0.620. The molecule has 1 amide bonds. The van der Waals surface area contributed by atoms with E-state index in [4.69, 9.17) is 10.8 Å². The average molecular weight is 186 g/mol. The summed E-state index contributed by atoms with van der Waals surface area (Å²) in [5.74, 6) is 0.0122. The minimum absolute atomic E-state index is 0.0122. The number of rotatable bonds is 5. The molecule has 0 radical (unpaired) electrons. The molecule has 1 saturated carbocycles. The van der Waals surface area contributed by atoms with E-state index in [0.717, 1.165) is 12.8 Å². The van der Waals surface area contributed by atoms with Gasteiger partial charge < -0.3 is 15.7 Å². The van der Waals surface area contributed by atoms with Gasteiger partial charge >= 0.3 is 0 Å². The van der Waals surface area contributed by atoms with Gasteiger partial charge in [-0.3, -0.25) is 4.79 Å². The van der Waals surface area contributed by atoms with Gasteiger partial charge in [0.25, 0.3) is 0 Å². The molecule has 0 aromatic rings. The summed E-state index contributed by atoms with van der Waals surface area (Å²) in [5, 5.41) is 8.67. The predicted molar refractivity (Wildman–Crippen MR) is 50.1 cm³/mol. The molecule has 0 unspecified atom stereocenters. The van der Waals surface area contributed by atoms with Crippen molar-refractivity contribution in [1.29, 1.82) is 0 Å². The van der Waals surface area contributed by atoms with Crippen LogP contribution in [0.4, 0.5) is 0 Å². The minimum atomic E-state index is 0.0122. The first-order chi connectivity index (χ1) is 6.29. The van der Waals surface area contributed by atoms with E-state index >= 15 is 0 Å². The minimum Gasteiger partial charge on any atom is -0.396 e. The number of carbonyl (C=O) groups is 1. The van der Waals surface area contributed by atoms with Crippen molar-refractivity contribution in [3.05, 3.63) is 0 Å². The van der Waals surface area contributed by atoms with Gasteiger partial charge in [-0.05, 0) is 25.7 Å². The van der Waals surface area contributed by atoms with Crippen LogP contribution in [0.3, 0.4) is 0 Å². The lowest BCUT2D eigenvalue weighted by Crippen LogP contribution is -2.47. The van der Waals surface area contributed by atoms with Crippen molar-refractivity contribution >= 4 is 5.91 Å². The van der Waals surface area contributed by atoms with Crippen LogP contribution in [0.5, 0.6) is 0 Å². The molecule has 76 valence electrons. The van der Waals surface area contributed by atoms with E-state index in [1.165, 1.54) is 6.42 Å². The van der Waals surface area contributed by atoms with Crippen molar-refractivity contribution in [1.82, 2.24) is 4.90 Å². The second-order valence-corrected chi connectivity index (χ2v) is 3.45. The molecule has 0 bridgehead atoms. The van der Waals surface area contributed by atoms with Crippen LogP contribution in [-0.2, 0) is 4.79 Å². The van der Waals surface area contributed by atoms with Crippen LogP contribution in [0, 0.1) is 0 Å². The highest BCUT2D eigenvalue weighted by atomic mass is 16.3. The van der Waals surface area contributed by atoms with E-state index < -0.39 is 0 Å². The number of nitrogens with two attached hydrogens (primary N) is 1. The first kappa shape index (κ1) is 10.5. The number of hydrogen-bond acceptors (Lipinski definition) is 3. The third kappa shape index (κ3) is 2.67. The maximum absolute atomic E-state index is 11.4. The molecule has 0 saturated heterocycles. The van der Waals surface area contributed by atoms with Crippen LogP contribution in [0.25, 0.3) is 0 Å². The third-order valence-electron chi connectivity index (χ3n) is 2.57. The predicted octanol–water partition coefficient (Wildman–Crippen LogP) is -0.291. The van der Waals surface area contributed by atoms with Crippen molar-refractivity contribution in [2.45, 2.75) is 31.7 Å². The molecule has 1 rings (SSSR count). The molecular formula is C9H18N2O2. The van der Waals surface area contributed by atoms with Crippen LogP contribution in [0.1, 0.15) is 25.7 Å². The second kappa shape index (κ2) is 5.19. The molecule has 1 aliphatic rings. The number of amides is 1. The fourth-order valence-corrected chi connectivity index (χ4v) is 1.57. The van der Waals surface area contributed by atoms with E-state index in [0.29, 0.717) is 19.0 Å². The molecular weight excluding hydrogens is 168 g/mol. The molecule has 0 spiro atoms. The van der Waals surface area contributed by atoms with Crippen LogP contribution in [-0.4, -0.2) is 41.7 Å². The highest BCUT2D eigenvalue weighted by Gasteiger charge is 2.27. The summed E-state index contributed by atoms with van der Waals surface area (Å²) < 4.78 is 0. The van der Waals surface area contributed by atoms with Gasteiger partial charge in [0.2, 0.25) is 5.91 Å². The van der Waals surface area contributed by atoms with E-state index in [-0.39, 0.29) is 19.1 Å². The standard InChI is InChI=1S/C9H18N2O2/c10-7-9(13)11(5-2-6-12)8-3-1-4-8/h8,12H,1-7,10H2. The van der Waals surface area contributed by atoms with Crippen LogP contribution < -0.4 is 5.73 Å². The summed E-state index contributed by atoms with van der Waals surface area (Å²) in [6, 6.07) is 0.391. The number of nitrogens with zero attached hydrogens (tertiary/aromatic N) is 1. The van der Waals surface area contributed by atoms with Gasteiger partial charge in [-0.15, -0.1) is 0 Å². The molecule has 0 aliphatic heterocycles. The van der Waals surface area contributed by atoms with E-state index in [2.05, 4.69) is 0 Å². The number of hydrogen-bond donors (Lipinski definition) is 2. The first-order valence-corrected chi connectivity index (χ1v) is 4.90. The van der Waals surface area contributed by atoms with Crippen LogP contribution in [0.15, 0.2) is 0 Å². The highest BCUT2D eigenvalue weighted by Crippen LogP contribution is 2.24. The summed E-state index contributed by atoms with van der Waals surface area (Å²) in [6.45, 7) is 0.875. The van der Waals surface area contributed by atoms with Gasteiger partial charge in [-0.2, -0.15) is 0 Å². The number of carbonyl (C=O) groups excluding carboxylic acids is 1. The zero-order valence-corrected chi connectivity index (χ0v) is 7.91. The van der Waals surface area contributed by atoms with Gasteiger partial charge in [0, 0.05) is 19.2 Å². The fourth-order valence-electron chi connectivity index (χ4n) is 1.57. The lowest BCUT2D eigenvalue weighted by Gasteiger charge is -2.37. The van der Waals surface area contributed by atoms with Gasteiger partial charge in [0.1, 0.15) is 0 Å². The molecule has 13 heavy (non-hydrogen) atoms. The maximum atomic E-state index is 11.4. The Kier molecular flexibility index (Phi) is 4.18. The molecule has 0 aromatic heterocycles. The maximum Gasteiger partial charge on any atom is 0.236 e. The van der Waals surface area contributed by atoms with Crippen molar-refractivity contribution in [2.24, 2.45) is 5.73 Å². The number of aliphatic hydroxyl groups excluding tert-OH is 1. The summed E-state index contributed by atoms with van der Waals surface area (Å²) >= 11 is 0. The molecule has 4 nitrogen and oxygen atoms in total. The summed E-state index contributed by atoms with van der Waals surface area (Å²) in [4.78, 5) is 13.2. The zero-order valence-electron chi connectivity index (χ0n) is 7.91. The molecule has 4 heteroatoms. The monoisotopic (exact) mass is 186 g/mol. The van der Waals surface area contributed by atoms with E-state index in [1.54, 1.807) is 0 Å². The summed E-state index contributed by atoms with van der Waals surface area (Å²) in [6.07, 6.45) is 4.05. The Balaban J connectivity index is 2.37. The third-order valence-corrected chi connectivity index (χ3v) is 2.57. The van der Waals surface area contributed by atoms with Crippen LogP contribution >= 0.6 is 0 Å². The largest absolute Gasteiger partial charge is 0.396 e. The fraction of sp³-hybridized carbons (Fsp3) is 0.889. The molecule has 1 aliphatic carbocycles. The van der Waals surface area contributed by atoms with Crippen LogP contribution in [0.2, 0.25) is 0 Å². The second-order valence-electron chi connectivity index (χ2n) is 3.45. The molecule has 1 fully saturated rings. The number of aliphatic hydroxyl groups is 1. The van der Waals surface area contributed by atoms with Crippen molar-refractivity contribution in [3.63, 3.8) is 0 Å². The normalized spacial score (nSPS) is 16.8. The van der Waals surface area contributed by atoms with E-state index in [9.17, 15) is 4.79 Å². The Bertz CT molecular complexity index is 169. The first-order valence-electron chi connectivity index (χ1n) is 4.90. The summed E-state index contributed by atoms with van der Waals surface area (Å²) in [7, 11) is 0. The Labute approximate surface area is 78.7 Å². The van der Waals surface area contributed by atoms with Crippen molar-refractivity contribution in [3.8, 4) is 0 Å². The lowest BCUT2D eigenvalue weighted by atomic mass is 9.91. The molecule has 0 atom stereocenters. The Morgan fingerprint density at radius 2 is 2.23 bits per heavy atom. The van der Waals surface area contributed by atoms with Gasteiger partial charge in [0.15, 0.2) is 0 Å².